The molecule has 1 saturated carbocycles. The van der Waals surface area contributed by atoms with Crippen LogP contribution >= 0.6 is 0 Å². The van der Waals surface area contributed by atoms with Gasteiger partial charge in [-0.2, -0.15) is 4.40 Å². The molecule has 1 atom stereocenters. The Bertz CT molecular complexity index is 266. The summed E-state index contributed by atoms with van der Waals surface area (Å²) in [7, 11) is -1.42. The first-order chi connectivity index (χ1) is 6.28. The second-order valence-electron chi connectivity index (χ2n) is 4.63. The van der Waals surface area contributed by atoms with Crippen LogP contribution in [-0.4, -0.2) is 21.6 Å². The minimum absolute atomic E-state index is 0.454. The Morgan fingerprint density at radius 1 is 1.43 bits per heavy atom. The highest BCUT2D eigenvalue weighted by Gasteiger charge is 2.50. The summed E-state index contributed by atoms with van der Waals surface area (Å²) >= 11 is 0. The molecule has 0 aromatic rings. The van der Waals surface area contributed by atoms with Gasteiger partial charge in [-0.1, -0.05) is 0 Å². The Balaban J connectivity index is 2.61. The molecule has 5 heteroatoms. The highest BCUT2D eigenvalue weighted by molar-refractivity contribution is 7.85. The van der Waals surface area contributed by atoms with Crippen molar-refractivity contribution in [2.45, 2.75) is 44.8 Å². The zero-order valence-corrected chi connectivity index (χ0v) is 9.41. The molecule has 1 aliphatic rings. The maximum atomic E-state index is 12.4. The van der Waals surface area contributed by atoms with Gasteiger partial charge in [-0.15, -0.1) is 0 Å². The Morgan fingerprint density at radius 3 is 2.21 bits per heavy atom. The molecule has 0 aliphatic heterocycles. The number of hydrogen-bond acceptors (Lipinski definition) is 1. The highest BCUT2D eigenvalue weighted by atomic mass is 32.2. The van der Waals surface area contributed by atoms with Crippen LogP contribution < -0.4 is 0 Å². The van der Waals surface area contributed by atoms with Crippen LogP contribution in [0.15, 0.2) is 4.40 Å². The van der Waals surface area contributed by atoms with Crippen molar-refractivity contribution in [2.24, 2.45) is 9.81 Å². The number of alkyl halides is 2. The minimum atomic E-state index is -2.39. The van der Waals surface area contributed by atoms with Gasteiger partial charge in [0.2, 0.25) is 6.43 Å². The van der Waals surface area contributed by atoms with Gasteiger partial charge in [0.1, 0.15) is 11.0 Å². The summed E-state index contributed by atoms with van der Waals surface area (Å²) < 4.78 is 39.5. The zero-order valence-electron chi connectivity index (χ0n) is 8.59. The molecule has 0 aromatic heterocycles. The molecule has 0 saturated heterocycles. The van der Waals surface area contributed by atoms with Crippen molar-refractivity contribution in [3.63, 3.8) is 0 Å². The van der Waals surface area contributed by atoms with Gasteiger partial charge in [0.15, 0.2) is 0 Å². The van der Waals surface area contributed by atoms with Gasteiger partial charge in [0, 0.05) is 6.21 Å². The van der Waals surface area contributed by atoms with E-state index in [4.69, 9.17) is 0 Å². The average molecular weight is 223 g/mol. The van der Waals surface area contributed by atoms with Crippen molar-refractivity contribution in [1.82, 2.24) is 0 Å². The molecule has 0 amide bonds. The van der Waals surface area contributed by atoms with E-state index in [1.54, 1.807) is 20.8 Å². The van der Waals surface area contributed by atoms with Gasteiger partial charge >= 0.3 is 0 Å². The molecule has 1 rings (SSSR count). The van der Waals surface area contributed by atoms with Crippen LogP contribution in [0.4, 0.5) is 8.78 Å². The third kappa shape index (κ3) is 2.59. The predicted octanol–water partition coefficient (Wildman–Crippen LogP) is 2.56. The number of halogens is 2. The van der Waals surface area contributed by atoms with Crippen LogP contribution in [0, 0.1) is 5.41 Å². The van der Waals surface area contributed by atoms with Crippen LogP contribution in [0.25, 0.3) is 0 Å². The molecule has 0 aromatic carbocycles. The predicted molar refractivity (Wildman–Crippen MR) is 54.1 cm³/mol. The van der Waals surface area contributed by atoms with Crippen molar-refractivity contribution in [2.75, 3.05) is 0 Å². The van der Waals surface area contributed by atoms with E-state index >= 15 is 0 Å². The molecule has 2 nitrogen and oxygen atoms in total. The Hall–Kier alpha value is -0.320. The normalized spacial score (nSPS) is 23.0. The van der Waals surface area contributed by atoms with Crippen LogP contribution in [-0.2, 0) is 11.0 Å². The van der Waals surface area contributed by atoms with E-state index in [1.807, 2.05) is 0 Å². The summed E-state index contributed by atoms with van der Waals surface area (Å²) in [5, 5.41) is 0. The standard InChI is InChI=1S/C9H15F2NOS/c1-8(2,3)14(13)12-6-9(4-5-9)7(10)11/h6-7H,4-5H2,1-3H3/b12-6+/t14-/m0/s1. The van der Waals surface area contributed by atoms with Gasteiger partial charge in [0.25, 0.3) is 0 Å². The lowest BCUT2D eigenvalue weighted by molar-refractivity contribution is 0.0993. The van der Waals surface area contributed by atoms with Crippen molar-refractivity contribution in [1.29, 1.82) is 0 Å². The minimum Gasteiger partial charge on any atom is -0.234 e. The maximum Gasteiger partial charge on any atom is 0.249 e. The van der Waals surface area contributed by atoms with E-state index < -0.39 is 27.6 Å². The van der Waals surface area contributed by atoms with Crippen molar-refractivity contribution in [3.8, 4) is 0 Å². The third-order valence-corrected chi connectivity index (χ3v) is 3.54. The second-order valence-corrected chi connectivity index (χ2v) is 6.56. The first kappa shape index (κ1) is 11.8. The maximum absolute atomic E-state index is 12.4. The monoisotopic (exact) mass is 223 g/mol. The second kappa shape index (κ2) is 3.68. The summed E-state index contributed by atoms with van der Waals surface area (Å²) in [4.78, 5) is 0. The van der Waals surface area contributed by atoms with Gasteiger partial charge in [-0.3, -0.25) is 0 Å². The summed E-state index contributed by atoms with van der Waals surface area (Å²) in [6, 6.07) is 0. The number of rotatable bonds is 3. The quantitative estimate of drug-likeness (QED) is 0.676. The molecule has 0 radical (unpaired) electrons. The summed E-state index contributed by atoms with van der Waals surface area (Å²) in [6.45, 7) is 5.30. The molecule has 82 valence electrons. The summed E-state index contributed by atoms with van der Waals surface area (Å²) in [6.07, 6.45) is -0.285. The fourth-order valence-electron chi connectivity index (χ4n) is 0.859. The van der Waals surface area contributed by atoms with Crippen LogP contribution in [0.1, 0.15) is 33.6 Å². The topological polar surface area (TPSA) is 29.4 Å². The Kier molecular flexibility index (Phi) is 3.09. The van der Waals surface area contributed by atoms with E-state index in [-0.39, 0.29) is 0 Å². The Morgan fingerprint density at radius 2 is 1.93 bits per heavy atom. The molecule has 14 heavy (non-hydrogen) atoms. The van der Waals surface area contributed by atoms with Gasteiger partial charge in [-0.25, -0.2) is 13.0 Å². The summed E-state index contributed by atoms with van der Waals surface area (Å²) in [5.74, 6) is 0. The Labute approximate surface area is 85.4 Å². The van der Waals surface area contributed by atoms with E-state index in [2.05, 4.69) is 4.40 Å². The van der Waals surface area contributed by atoms with Crippen molar-refractivity contribution < 1.29 is 13.0 Å². The van der Waals surface area contributed by atoms with Gasteiger partial charge < -0.3 is 0 Å². The van der Waals surface area contributed by atoms with Crippen LogP contribution in [0.2, 0.25) is 0 Å². The fraction of sp³-hybridized carbons (Fsp3) is 0.889. The zero-order chi connectivity index (χ0) is 11.0. The molecule has 1 fully saturated rings. The molecule has 0 bridgehead atoms. The lowest BCUT2D eigenvalue weighted by Gasteiger charge is -2.14. The van der Waals surface area contributed by atoms with E-state index in [1.165, 1.54) is 6.21 Å². The van der Waals surface area contributed by atoms with Gasteiger partial charge in [0.05, 0.1) is 10.2 Å². The third-order valence-electron chi connectivity index (χ3n) is 2.19. The summed E-state index contributed by atoms with van der Waals surface area (Å²) in [5.41, 5.74) is -1.07. The molecule has 0 spiro atoms. The van der Waals surface area contributed by atoms with Crippen LogP contribution in [0.5, 0.6) is 0 Å². The number of nitrogens with zero attached hydrogens (tertiary/aromatic N) is 1. The largest absolute Gasteiger partial charge is 0.249 e. The van der Waals surface area contributed by atoms with Crippen molar-refractivity contribution >= 4 is 17.2 Å². The molecule has 0 unspecified atom stereocenters. The molecule has 1 aliphatic carbocycles. The number of hydrogen-bond donors (Lipinski definition) is 0. The first-order valence-corrected chi connectivity index (χ1v) is 5.64. The van der Waals surface area contributed by atoms with Gasteiger partial charge in [-0.05, 0) is 33.6 Å². The average Bonchev–Trinajstić information content (AvgIpc) is 2.78. The lowest BCUT2D eigenvalue weighted by Crippen LogP contribution is -2.21. The first-order valence-electron chi connectivity index (χ1n) is 4.53. The van der Waals surface area contributed by atoms with Crippen molar-refractivity contribution in [3.05, 3.63) is 0 Å². The lowest BCUT2D eigenvalue weighted by atomic mass is 10.1. The molecule has 0 N–H and O–H groups in total. The van der Waals surface area contributed by atoms with E-state index in [0.717, 1.165) is 0 Å². The molecule has 0 heterocycles. The van der Waals surface area contributed by atoms with E-state index in [9.17, 15) is 13.0 Å². The SMILES string of the molecule is CC(C)(C)[S@](=O)/N=C/C1(C(F)F)CC1. The van der Waals surface area contributed by atoms with Crippen LogP contribution in [0.3, 0.4) is 0 Å². The fourth-order valence-corrected chi connectivity index (χ4v) is 1.48. The molecular weight excluding hydrogens is 208 g/mol. The smallest absolute Gasteiger partial charge is 0.234 e. The highest BCUT2D eigenvalue weighted by Crippen LogP contribution is 2.49. The van der Waals surface area contributed by atoms with E-state index in [0.29, 0.717) is 12.8 Å². The molecular formula is C9H15F2NOS.